The van der Waals surface area contributed by atoms with Crippen molar-refractivity contribution in [2.45, 2.75) is 85.0 Å². The van der Waals surface area contributed by atoms with Crippen LogP contribution in [0.25, 0.3) is 0 Å². The van der Waals surface area contributed by atoms with E-state index in [-0.39, 0.29) is 5.97 Å². The van der Waals surface area contributed by atoms with E-state index in [1.165, 1.54) is 56.9 Å². The molecular weight excluding hydrogens is 236 g/mol. The summed E-state index contributed by atoms with van der Waals surface area (Å²) < 4.78 is 5.01. The third-order valence-electron chi connectivity index (χ3n) is 3.31. The van der Waals surface area contributed by atoms with Gasteiger partial charge in [0.15, 0.2) is 0 Å². The van der Waals surface area contributed by atoms with Gasteiger partial charge in [-0.3, -0.25) is 0 Å². The summed E-state index contributed by atoms with van der Waals surface area (Å²) in [6.07, 6.45) is 13.9. The fourth-order valence-electron chi connectivity index (χ4n) is 2.18. The van der Waals surface area contributed by atoms with E-state index in [1.807, 2.05) is 6.92 Å². The molecular formula is C17H32O2. The topological polar surface area (TPSA) is 26.3 Å². The summed E-state index contributed by atoms with van der Waals surface area (Å²) >= 11 is 0. The maximum atomic E-state index is 11.5. The van der Waals surface area contributed by atoms with Crippen LogP contribution in [0.4, 0.5) is 0 Å². The molecule has 0 bridgehead atoms. The van der Waals surface area contributed by atoms with Crippen LogP contribution < -0.4 is 0 Å². The molecule has 0 rings (SSSR count). The Kier molecular flexibility index (Phi) is 13.1. The summed E-state index contributed by atoms with van der Waals surface area (Å²) in [6.45, 7) is 6.76. The van der Waals surface area contributed by atoms with E-state index in [0.29, 0.717) is 6.61 Å². The minimum Gasteiger partial charge on any atom is -0.463 e. The number of hydrogen-bond acceptors (Lipinski definition) is 2. The standard InChI is InChI=1S/C17H32O2/c1-4-7-9-10-12-14-16(13-11-8-5-2)15-17(18)19-6-3/h15H,4-14H2,1-3H3. The smallest absolute Gasteiger partial charge is 0.330 e. The Hall–Kier alpha value is -0.790. The average molecular weight is 268 g/mol. The van der Waals surface area contributed by atoms with Crippen LogP contribution in [0.15, 0.2) is 11.6 Å². The summed E-state index contributed by atoms with van der Waals surface area (Å²) in [5.41, 5.74) is 1.28. The number of carbonyl (C=O) groups is 1. The molecule has 2 heteroatoms. The first kappa shape index (κ1) is 18.2. The molecule has 0 aliphatic heterocycles. The quantitative estimate of drug-likeness (QED) is 0.268. The van der Waals surface area contributed by atoms with Crippen molar-refractivity contribution in [3.05, 3.63) is 11.6 Å². The second kappa shape index (κ2) is 13.6. The highest BCUT2D eigenvalue weighted by Crippen LogP contribution is 2.17. The number of esters is 1. The van der Waals surface area contributed by atoms with Gasteiger partial charge in [0.2, 0.25) is 0 Å². The summed E-state index contributed by atoms with van der Waals surface area (Å²) in [5.74, 6) is -0.164. The van der Waals surface area contributed by atoms with Crippen molar-refractivity contribution in [3.8, 4) is 0 Å². The van der Waals surface area contributed by atoms with Crippen molar-refractivity contribution in [1.82, 2.24) is 0 Å². The Labute approximate surface area is 119 Å². The molecule has 0 radical (unpaired) electrons. The first-order valence-electron chi connectivity index (χ1n) is 8.10. The molecule has 0 aliphatic rings. The van der Waals surface area contributed by atoms with E-state index in [9.17, 15) is 4.79 Å². The number of unbranched alkanes of at least 4 members (excludes halogenated alkanes) is 6. The Balaban J connectivity index is 4.05. The first-order chi connectivity index (χ1) is 9.24. The molecule has 0 aromatic carbocycles. The molecule has 0 saturated carbocycles. The van der Waals surface area contributed by atoms with Crippen LogP contribution in [0.3, 0.4) is 0 Å². The molecule has 2 nitrogen and oxygen atoms in total. The van der Waals surface area contributed by atoms with Gasteiger partial charge in [0.05, 0.1) is 6.61 Å². The second-order valence-electron chi connectivity index (χ2n) is 5.18. The third kappa shape index (κ3) is 12.0. The van der Waals surface area contributed by atoms with Gasteiger partial charge in [0.1, 0.15) is 0 Å². The van der Waals surface area contributed by atoms with Gasteiger partial charge >= 0.3 is 5.97 Å². The molecule has 0 aliphatic carbocycles. The van der Waals surface area contributed by atoms with Gasteiger partial charge in [-0.2, -0.15) is 0 Å². The molecule has 0 fully saturated rings. The van der Waals surface area contributed by atoms with Crippen molar-refractivity contribution in [2.24, 2.45) is 0 Å². The number of rotatable bonds is 12. The van der Waals surface area contributed by atoms with Gasteiger partial charge in [-0.05, 0) is 32.6 Å². The molecule has 0 spiro atoms. The van der Waals surface area contributed by atoms with Gasteiger partial charge in [0, 0.05) is 6.08 Å². The molecule has 19 heavy (non-hydrogen) atoms. The van der Waals surface area contributed by atoms with Gasteiger partial charge in [-0.25, -0.2) is 4.79 Å². The van der Waals surface area contributed by atoms with Gasteiger partial charge < -0.3 is 4.74 Å². The summed E-state index contributed by atoms with van der Waals surface area (Å²) in [7, 11) is 0. The minimum absolute atomic E-state index is 0.164. The fourth-order valence-corrected chi connectivity index (χ4v) is 2.18. The van der Waals surface area contributed by atoms with Gasteiger partial charge in [0.25, 0.3) is 0 Å². The average Bonchev–Trinajstić information content (AvgIpc) is 2.38. The van der Waals surface area contributed by atoms with Gasteiger partial charge in [-0.15, -0.1) is 0 Å². The molecule has 0 atom stereocenters. The Morgan fingerprint density at radius 1 is 0.842 bits per heavy atom. The summed E-state index contributed by atoms with van der Waals surface area (Å²) in [5, 5.41) is 0. The largest absolute Gasteiger partial charge is 0.463 e. The van der Waals surface area contributed by atoms with Crippen molar-refractivity contribution in [1.29, 1.82) is 0 Å². The zero-order chi connectivity index (χ0) is 14.3. The van der Waals surface area contributed by atoms with Crippen LogP contribution >= 0.6 is 0 Å². The van der Waals surface area contributed by atoms with E-state index < -0.39 is 0 Å². The van der Waals surface area contributed by atoms with Crippen molar-refractivity contribution in [3.63, 3.8) is 0 Å². The molecule has 0 unspecified atom stereocenters. The lowest BCUT2D eigenvalue weighted by Crippen LogP contribution is -2.01. The van der Waals surface area contributed by atoms with E-state index in [1.54, 1.807) is 6.08 Å². The molecule has 0 saturated heterocycles. The number of carbonyl (C=O) groups excluding carboxylic acids is 1. The number of hydrogen-bond donors (Lipinski definition) is 0. The third-order valence-corrected chi connectivity index (χ3v) is 3.31. The zero-order valence-corrected chi connectivity index (χ0v) is 13.2. The molecule has 0 aromatic heterocycles. The van der Waals surface area contributed by atoms with E-state index >= 15 is 0 Å². The van der Waals surface area contributed by atoms with Crippen LogP contribution in [-0.2, 0) is 9.53 Å². The second-order valence-corrected chi connectivity index (χ2v) is 5.18. The Morgan fingerprint density at radius 3 is 1.95 bits per heavy atom. The molecule has 0 heterocycles. The summed E-state index contributed by atoms with van der Waals surface area (Å²) in [6, 6.07) is 0. The maximum absolute atomic E-state index is 11.5. The predicted molar refractivity (Wildman–Crippen MR) is 82.2 cm³/mol. The molecule has 0 amide bonds. The highest BCUT2D eigenvalue weighted by atomic mass is 16.5. The Morgan fingerprint density at radius 2 is 1.37 bits per heavy atom. The SMILES string of the molecule is CCCCCCCC(=CC(=O)OCC)CCCCC. The van der Waals surface area contributed by atoms with Crippen LogP contribution in [0.2, 0.25) is 0 Å². The van der Waals surface area contributed by atoms with Crippen LogP contribution in [0, 0.1) is 0 Å². The lowest BCUT2D eigenvalue weighted by atomic mass is 10.00. The van der Waals surface area contributed by atoms with Crippen LogP contribution in [0.1, 0.15) is 85.0 Å². The molecule has 0 aromatic rings. The maximum Gasteiger partial charge on any atom is 0.330 e. The van der Waals surface area contributed by atoms with Crippen molar-refractivity contribution >= 4 is 5.97 Å². The van der Waals surface area contributed by atoms with Gasteiger partial charge in [-0.1, -0.05) is 57.9 Å². The number of ether oxygens (including phenoxy) is 1. The molecule has 0 N–H and O–H groups in total. The van der Waals surface area contributed by atoms with Crippen LogP contribution in [0.5, 0.6) is 0 Å². The zero-order valence-electron chi connectivity index (χ0n) is 13.2. The molecule has 112 valence electrons. The normalized spacial score (nSPS) is 11.6. The highest BCUT2D eigenvalue weighted by molar-refractivity contribution is 5.82. The Bertz CT molecular complexity index is 244. The lowest BCUT2D eigenvalue weighted by molar-refractivity contribution is -0.137. The fraction of sp³-hybridized carbons (Fsp3) is 0.824. The lowest BCUT2D eigenvalue weighted by Gasteiger charge is -2.07. The highest BCUT2D eigenvalue weighted by Gasteiger charge is 2.03. The minimum atomic E-state index is -0.164. The first-order valence-corrected chi connectivity index (χ1v) is 8.10. The number of allylic oxidation sites excluding steroid dienone is 1. The summed E-state index contributed by atoms with van der Waals surface area (Å²) in [4.78, 5) is 11.5. The van der Waals surface area contributed by atoms with E-state index in [2.05, 4.69) is 13.8 Å². The van der Waals surface area contributed by atoms with E-state index in [0.717, 1.165) is 12.8 Å². The van der Waals surface area contributed by atoms with E-state index in [4.69, 9.17) is 4.74 Å². The van der Waals surface area contributed by atoms with Crippen molar-refractivity contribution < 1.29 is 9.53 Å². The predicted octanol–water partition coefficient (Wildman–Crippen LogP) is 5.42. The monoisotopic (exact) mass is 268 g/mol. The van der Waals surface area contributed by atoms with Crippen LogP contribution in [-0.4, -0.2) is 12.6 Å². The van der Waals surface area contributed by atoms with Crippen molar-refractivity contribution in [2.75, 3.05) is 6.61 Å².